The number of fused-ring (bicyclic) bond motifs is 2. The van der Waals surface area contributed by atoms with Gasteiger partial charge in [0.2, 0.25) is 15.9 Å². The van der Waals surface area contributed by atoms with Crippen molar-refractivity contribution >= 4 is 22.0 Å². The van der Waals surface area contributed by atoms with Gasteiger partial charge >= 0.3 is 6.09 Å². The summed E-state index contributed by atoms with van der Waals surface area (Å²) >= 11 is 0. The number of aromatic nitrogens is 1. The first-order valence-corrected chi connectivity index (χ1v) is 14.2. The van der Waals surface area contributed by atoms with Crippen LogP contribution in [0.2, 0.25) is 0 Å². The SMILES string of the molecule is COCCOC(=O)N1[C@@H]2CC[C@H]1[C@H](C(=O)NO)N(S(=O)(=O)c1ccc(Oc3ccc(OC(C)(C)C)cc3)nc1)C2. The lowest BCUT2D eigenvalue weighted by atomic mass is 10.1. The molecular formula is C26H34N4O9S. The normalized spacial score (nSPS) is 21.1. The monoisotopic (exact) mass is 578 g/mol. The van der Waals surface area contributed by atoms with Crippen LogP contribution in [0.1, 0.15) is 33.6 Å². The topological polar surface area (TPSA) is 157 Å². The van der Waals surface area contributed by atoms with Gasteiger partial charge in [-0.3, -0.25) is 14.9 Å². The van der Waals surface area contributed by atoms with Crippen LogP contribution in [-0.2, 0) is 24.3 Å². The molecule has 2 fully saturated rings. The van der Waals surface area contributed by atoms with E-state index in [1.54, 1.807) is 29.7 Å². The molecule has 13 nitrogen and oxygen atoms in total. The molecule has 0 aliphatic carbocycles. The van der Waals surface area contributed by atoms with Crippen molar-refractivity contribution < 1.29 is 42.2 Å². The van der Waals surface area contributed by atoms with Crippen LogP contribution in [0.3, 0.4) is 0 Å². The van der Waals surface area contributed by atoms with Gasteiger partial charge in [-0.2, -0.15) is 4.31 Å². The minimum absolute atomic E-state index is 0.0130. The van der Waals surface area contributed by atoms with Crippen LogP contribution >= 0.6 is 0 Å². The Kier molecular flexibility index (Phi) is 8.83. The average Bonchev–Trinajstić information content (AvgIpc) is 3.22. The quantitative estimate of drug-likeness (QED) is 0.257. The van der Waals surface area contributed by atoms with Crippen molar-refractivity contribution in [1.29, 1.82) is 0 Å². The zero-order valence-electron chi connectivity index (χ0n) is 22.8. The first-order chi connectivity index (χ1) is 18.9. The predicted octanol–water partition coefficient (Wildman–Crippen LogP) is 2.55. The first kappa shape index (κ1) is 29.5. The summed E-state index contributed by atoms with van der Waals surface area (Å²) in [6.45, 7) is 5.88. The number of hydrogen-bond donors (Lipinski definition) is 2. The van der Waals surface area contributed by atoms with Gasteiger partial charge in [-0.15, -0.1) is 0 Å². The minimum Gasteiger partial charge on any atom is -0.488 e. The van der Waals surface area contributed by atoms with Crippen LogP contribution in [0, 0.1) is 0 Å². The fourth-order valence-corrected chi connectivity index (χ4v) is 6.47. The Hall–Kier alpha value is -3.46. The van der Waals surface area contributed by atoms with Crippen molar-refractivity contribution in [2.24, 2.45) is 0 Å². The lowest BCUT2D eigenvalue weighted by Crippen LogP contribution is -2.66. The third-order valence-corrected chi connectivity index (χ3v) is 8.33. The van der Waals surface area contributed by atoms with Crippen LogP contribution in [0.15, 0.2) is 47.5 Å². The van der Waals surface area contributed by atoms with Gasteiger partial charge in [0.25, 0.3) is 5.91 Å². The Morgan fingerprint density at radius 1 is 1.07 bits per heavy atom. The maximum absolute atomic E-state index is 13.7. The van der Waals surface area contributed by atoms with E-state index in [9.17, 15) is 23.2 Å². The van der Waals surface area contributed by atoms with Gasteiger partial charge in [-0.1, -0.05) is 0 Å². The Morgan fingerprint density at radius 3 is 2.38 bits per heavy atom. The van der Waals surface area contributed by atoms with Gasteiger partial charge in [0.1, 0.15) is 34.6 Å². The molecule has 2 amide bonds. The number of carbonyl (C=O) groups is 2. The van der Waals surface area contributed by atoms with Crippen LogP contribution in [0.25, 0.3) is 0 Å². The zero-order valence-corrected chi connectivity index (χ0v) is 23.6. The van der Waals surface area contributed by atoms with E-state index in [1.165, 1.54) is 24.1 Å². The largest absolute Gasteiger partial charge is 0.488 e. The van der Waals surface area contributed by atoms with E-state index in [-0.39, 0.29) is 36.1 Å². The summed E-state index contributed by atoms with van der Waals surface area (Å²) in [7, 11) is -2.78. The highest BCUT2D eigenvalue weighted by molar-refractivity contribution is 7.89. The average molecular weight is 579 g/mol. The molecule has 0 unspecified atom stereocenters. The molecule has 3 heterocycles. The molecule has 1 aromatic heterocycles. The molecule has 2 bridgehead atoms. The Balaban J connectivity index is 1.51. The number of methoxy groups -OCH3 is 1. The van der Waals surface area contributed by atoms with E-state index in [1.807, 2.05) is 20.8 Å². The number of nitrogens with one attached hydrogen (secondary N) is 1. The molecule has 2 aliphatic rings. The van der Waals surface area contributed by atoms with Gasteiger partial charge in [0.05, 0.1) is 18.8 Å². The fraction of sp³-hybridized carbons (Fsp3) is 0.500. The van der Waals surface area contributed by atoms with E-state index >= 15 is 0 Å². The number of ether oxygens (including phenoxy) is 4. The zero-order chi connectivity index (χ0) is 29.1. The summed E-state index contributed by atoms with van der Waals surface area (Å²) in [5, 5.41) is 9.41. The van der Waals surface area contributed by atoms with Gasteiger partial charge in [-0.05, 0) is 63.9 Å². The number of carbonyl (C=O) groups excluding carboxylic acids is 2. The van der Waals surface area contributed by atoms with Crippen LogP contribution in [-0.4, -0.2) is 90.4 Å². The van der Waals surface area contributed by atoms with Crippen molar-refractivity contribution in [3.8, 4) is 17.4 Å². The van der Waals surface area contributed by atoms with Crippen LogP contribution < -0.4 is 15.0 Å². The molecule has 3 atom stereocenters. The summed E-state index contributed by atoms with van der Waals surface area (Å²) in [5.74, 6) is 0.370. The van der Waals surface area contributed by atoms with Gasteiger partial charge in [0.15, 0.2) is 0 Å². The second-order valence-corrected chi connectivity index (χ2v) is 12.3. The molecule has 4 rings (SSSR count). The maximum Gasteiger partial charge on any atom is 0.410 e. The van der Waals surface area contributed by atoms with E-state index < -0.39 is 40.1 Å². The van der Waals surface area contributed by atoms with Crippen molar-refractivity contribution in [3.63, 3.8) is 0 Å². The molecule has 0 saturated carbocycles. The lowest BCUT2D eigenvalue weighted by molar-refractivity contribution is -0.136. The smallest absolute Gasteiger partial charge is 0.410 e. The molecule has 2 aromatic rings. The van der Waals surface area contributed by atoms with E-state index in [2.05, 4.69) is 4.98 Å². The molecular weight excluding hydrogens is 544 g/mol. The highest BCUT2D eigenvalue weighted by Gasteiger charge is 2.55. The Morgan fingerprint density at radius 2 is 1.77 bits per heavy atom. The summed E-state index contributed by atoms with van der Waals surface area (Å²) in [6, 6.07) is 6.98. The molecule has 0 radical (unpaired) electrons. The first-order valence-electron chi connectivity index (χ1n) is 12.8. The van der Waals surface area contributed by atoms with Gasteiger partial charge < -0.3 is 18.9 Å². The fourth-order valence-electron chi connectivity index (χ4n) is 4.87. The van der Waals surface area contributed by atoms with Crippen molar-refractivity contribution in [2.75, 3.05) is 26.9 Å². The number of hydroxylamine groups is 1. The molecule has 14 heteroatoms. The highest BCUT2D eigenvalue weighted by atomic mass is 32.2. The third kappa shape index (κ3) is 6.46. The number of rotatable bonds is 9. The molecule has 1 aromatic carbocycles. The number of nitrogens with zero attached hydrogens (tertiary/aromatic N) is 3. The van der Waals surface area contributed by atoms with Gasteiger partial charge in [-0.25, -0.2) is 23.7 Å². The number of hydrogen-bond acceptors (Lipinski definition) is 10. The molecule has 0 spiro atoms. The van der Waals surface area contributed by atoms with E-state index in [4.69, 9.17) is 18.9 Å². The molecule has 2 aliphatic heterocycles. The number of piperazine rings is 1. The Bertz CT molecular complexity index is 1300. The number of sulfonamides is 1. The number of pyridine rings is 1. The molecule has 218 valence electrons. The second-order valence-electron chi connectivity index (χ2n) is 10.4. The van der Waals surface area contributed by atoms with Crippen LogP contribution in [0.5, 0.6) is 17.4 Å². The predicted molar refractivity (Wildman–Crippen MR) is 141 cm³/mol. The van der Waals surface area contributed by atoms with E-state index in [0.717, 1.165) is 10.5 Å². The van der Waals surface area contributed by atoms with Crippen LogP contribution in [0.4, 0.5) is 4.79 Å². The van der Waals surface area contributed by atoms with E-state index in [0.29, 0.717) is 24.3 Å². The summed E-state index contributed by atoms with van der Waals surface area (Å²) in [6.07, 6.45) is 1.30. The van der Waals surface area contributed by atoms with Crippen molar-refractivity contribution in [2.45, 2.75) is 62.2 Å². The third-order valence-electron chi connectivity index (χ3n) is 6.50. The Labute approximate surface area is 233 Å². The summed E-state index contributed by atoms with van der Waals surface area (Å²) < 4.78 is 50.0. The lowest BCUT2D eigenvalue weighted by Gasteiger charge is -2.44. The maximum atomic E-state index is 13.7. The number of benzene rings is 1. The summed E-state index contributed by atoms with van der Waals surface area (Å²) in [5.41, 5.74) is 1.20. The highest BCUT2D eigenvalue weighted by Crippen LogP contribution is 2.38. The standard InChI is InChI=1S/C26H34N4O9S/c1-26(2,3)39-19-8-6-18(7-9-19)38-22-12-10-20(15-27-22)40(34,35)29-16-17-5-11-21(23(29)24(31)28-33)30(17)25(32)37-14-13-36-4/h6-10,12,15,17,21,23,33H,5,11,13-14,16H2,1-4H3,(H,28,31)/t17-,21+,23-/m1/s1. The minimum atomic E-state index is -4.25. The summed E-state index contributed by atoms with van der Waals surface area (Å²) in [4.78, 5) is 30.8. The number of amides is 2. The second kappa shape index (κ2) is 12.0. The molecule has 2 N–H and O–H groups in total. The molecule has 40 heavy (non-hydrogen) atoms. The van der Waals surface area contributed by atoms with Crippen molar-refractivity contribution in [3.05, 3.63) is 42.6 Å². The van der Waals surface area contributed by atoms with Gasteiger partial charge in [0, 0.05) is 25.8 Å². The van der Waals surface area contributed by atoms with Crippen molar-refractivity contribution in [1.82, 2.24) is 19.7 Å². The molecule has 2 saturated heterocycles.